The highest BCUT2D eigenvalue weighted by molar-refractivity contribution is 6.31. The van der Waals surface area contributed by atoms with Crippen molar-refractivity contribution in [3.05, 3.63) is 57.5 Å². The molecule has 0 atom stereocenters. The van der Waals surface area contributed by atoms with E-state index in [0.717, 1.165) is 0 Å². The molecule has 2 aromatic heterocycles. The number of carbonyl (C=O) groups is 1. The predicted octanol–water partition coefficient (Wildman–Crippen LogP) is 2.13. The highest BCUT2D eigenvalue weighted by Gasteiger charge is 2.08. The van der Waals surface area contributed by atoms with E-state index in [-0.39, 0.29) is 12.0 Å². The van der Waals surface area contributed by atoms with Gasteiger partial charge in [-0.2, -0.15) is 0 Å². The van der Waals surface area contributed by atoms with Gasteiger partial charge in [-0.1, -0.05) is 17.7 Å². The van der Waals surface area contributed by atoms with Crippen LogP contribution in [0.4, 0.5) is 0 Å². The number of nitrogens with zero attached hydrogens (tertiary/aromatic N) is 2. The van der Waals surface area contributed by atoms with Crippen LogP contribution in [0.1, 0.15) is 5.56 Å². The molecule has 0 radical (unpaired) electrons. The van der Waals surface area contributed by atoms with E-state index in [0.29, 0.717) is 27.1 Å². The van der Waals surface area contributed by atoms with Gasteiger partial charge in [-0.3, -0.25) is 14.0 Å². The van der Waals surface area contributed by atoms with Gasteiger partial charge in [0.15, 0.2) is 0 Å². The smallest absolute Gasteiger partial charge is 0.307 e. The number of pyridine rings is 1. The first-order valence-corrected chi connectivity index (χ1v) is 6.25. The summed E-state index contributed by atoms with van der Waals surface area (Å²) < 4.78 is 1.36. The molecule has 2 heterocycles. The van der Waals surface area contributed by atoms with Gasteiger partial charge in [0.1, 0.15) is 5.65 Å². The molecule has 0 saturated carbocycles. The van der Waals surface area contributed by atoms with Gasteiger partial charge in [-0.25, -0.2) is 4.98 Å². The molecule has 20 heavy (non-hydrogen) atoms. The summed E-state index contributed by atoms with van der Waals surface area (Å²) in [5, 5.41) is 9.75. The van der Waals surface area contributed by atoms with Gasteiger partial charge in [-0.05, 0) is 29.8 Å². The van der Waals surface area contributed by atoms with E-state index in [1.54, 1.807) is 30.3 Å². The molecule has 3 rings (SSSR count). The number of carboxylic acid groups (broad SMARTS) is 1. The number of benzene rings is 1. The monoisotopic (exact) mass is 288 g/mol. The molecule has 0 unspecified atom stereocenters. The Kier molecular flexibility index (Phi) is 2.91. The first kappa shape index (κ1) is 12.6. The molecule has 0 spiro atoms. The number of hydrogen-bond donors (Lipinski definition) is 1. The second kappa shape index (κ2) is 4.61. The molecule has 3 aromatic rings. The van der Waals surface area contributed by atoms with Crippen molar-refractivity contribution in [2.45, 2.75) is 6.42 Å². The van der Waals surface area contributed by atoms with Gasteiger partial charge in [0.2, 0.25) is 0 Å². The molecule has 6 heteroatoms. The Balaban J connectivity index is 2.32. The van der Waals surface area contributed by atoms with Crippen LogP contribution in [-0.4, -0.2) is 20.5 Å². The van der Waals surface area contributed by atoms with E-state index in [1.165, 1.54) is 10.6 Å². The van der Waals surface area contributed by atoms with E-state index in [2.05, 4.69) is 4.98 Å². The Morgan fingerprint density at radius 1 is 1.30 bits per heavy atom. The van der Waals surface area contributed by atoms with Crippen LogP contribution in [0.25, 0.3) is 16.6 Å². The fourth-order valence-electron chi connectivity index (χ4n) is 2.10. The number of rotatable bonds is 2. The third kappa shape index (κ3) is 2.12. The van der Waals surface area contributed by atoms with Crippen LogP contribution < -0.4 is 5.56 Å². The van der Waals surface area contributed by atoms with Gasteiger partial charge in [0.05, 0.1) is 17.3 Å². The highest BCUT2D eigenvalue weighted by Crippen LogP contribution is 2.16. The van der Waals surface area contributed by atoms with Gasteiger partial charge in [-0.15, -0.1) is 0 Å². The fraction of sp³-hybridized carbons (Fsp3) is 0.0714. The largest absolute Gasteiger partial charge is 0.481 e. The Morgan fingerprint density at radius 3 is 2.85 bits per heavy atom. The van der Waals surface area contributed by atoms with Gasteiger partial charge in [0, 0.05) is 11.2 Å². The topological polar surface area (TPSA) is 71.7 Å². The molecule has 0 aliphatic carbocycles. The van der Waals surface area contributed by atoms with Crippen molar-refractivity contribution in [1.82, 2.24) is 9.38 Å². The van der Waals surface area contributed by atoms with Crippen LogP contribution in [0.5, 0.6) is 0 Å². The second-order valence-electron chi connectivity index (χ2n) is 4.41. The summed E-state index contributed by atoms with van der Waals surface area (Å²) >= 11 is 5.89. The Morgan fingerprint density at radius 2 is 2.10 bits per heavy atom. The summed E-state index contributed by atoms with van der Waals surface area (Å²) in [7, 11) is 0. The number of aromatic nitrogens is 2. The summed E-state index contributed by atoms with van der Waals surface area (Å²) in [5.74, 6) is -0.946. The molecule has 0 amide bonds. The molecule has 0 fully saturated rings. The van der Waals surface area contributed by atoms with E-state index < -0.39 is 5.97 Å². The SMILES string of the molecule is O=C(O)Cc1ccc2nc3cc(Cl)ccc3c(=O)n2c1. The molecule has 0 saturated heterocycles. The first-order valence-electron chi connectivity index (χ1n) is 5.87. The van der Waals surface area contributed by atoms with Crippen molar-refractivity contribution >= 4 is 34.1 Å². The molecule has 5 nitrogen and oxygen atoms in total. The zero-order valence-corrected chi connectivity index (χ0v) is 11.0. The number of carboxylic acids is 1. The van der Waals surface area contributed by atoms with Crippen molar-refractivity contribution in [3.8, 4) is 0 Å². The average Bonchev–Trinajstić information content (AvgIpc) is 2.39. The number of halogens is 1. The summed E-state index contributed by atoms with van der Waals surface area (Å²) in [6, 6.07) is 8.14. The number of hydrogen-bond acceptors (Lipinski definition) is 3. The van der Waals surface area contributed by atoms with Crippen LogP contribution in [0, 0.1) is 0 Å². The summed E-state index contributed by atoms with van der Waals surface area (Å²) in [6.45, 7) is 0. The van der Waals surface area contributed by atoms with Crippen LogP contribution in [0.2, 0.25) is 5.02 Å². The zero-order chi connectivity index (χ0) is 14.3. The third-order valence-electron chi connectivity index (χ3n) is 2.99. The minimum atomic E-state index is -0.946. The van der Waals surface area contributed by atoms with Crippen molar-refractivity contribution in [2.24, 2.45) is 0 Å². The Hall–Kier alpha value is -2.40. The lowest BCUT2D eigenvalue weighted by molar-refractivity contribution is -0.136. The van der Waals surface area contributed by atoms with Gasteiger partial charge < -0.3 is 5.11 Å². The van der Waals surface area contributed by atoms with Gasteiger partial charge >= 0.3 is 5.97 Å². The van der Waals surface area contributed by atoms with Crippen molar-refractivity contribution < 1.29 is 9.90 Å². The second-order valence-corrected chi connectivity index (χ2v) is 4.85. The summed E-state index contributed by atoms with van der Waals surface area (Å²) in [6.07, 6.45) is 1.37. The first-order chi connectivity index (χ1) is 9.54. The predicted molar refractivity (Wildman–Crippen MR) is 75.3 cm³/mol. The molecule has 1 N–H and O–H groups in total. The molecule has 0 aliphatic rings. The maximum absolute atomic E-state index is 12.4. The van der Waals surface area contributed by atoms with Crippen LogP contribution in [0.3, 0.4) is 0 Å². The molecule has 0 aliphatic heterocycles. The maximum Gasteiger partial charge on any atom is 0.307 e. The normalized spacial score (nSPS) is 11.1. The quantitative estimate of drug-likeness (QED) is 0.733. The Bertz CT molecular complexity index is 902. The van der Waals surface area contributed by atoms with E-state index in [4.69, 9.17) is 16.7 Å². The molecule has 100 valence electrons. The van der Waals surface area contributed by atoms with E-state index in [9.17, 15) is 9.59 Å². The summed E-state index contributed by atoms with van der Waals surface area (Å²) in [5.41, 5.74) is 1.28. The molecule has 0 bridgehead atoms. The molecule has 1 aromatic carbocycles. The van der Waals surface area contributed by atoms with Gasteiger partial charge in [0.25, 0.3) is 5.56 Å². The standard InChI is InChI=1S/C14H9ClN2O3/c15-9-2-3-10-11(6-9)16-12-4-1-8(5-13(18)19)7-17(12)14(10)20/h1-4,6-7H,5H2,(H,18,19). The fourth-order valence-corrected chi connectivity index (χ4v) is 2.27. The lowest BCUT2D eigenvalue weighted by Crippen LogP contribution is -2.16. The lowest BCUT2D eigenvalue weighted by atomic mass is 10.2. The Labute approximate surface area is 118 Å². The van der Waals surface area contributed by atoms with Crippen molar-refractivity contribution in [1.29, 1.82) is 0 Å². The minimum absolute atomic E-state index is 0.138. The average molecular weight is 289 g/mol. The van der Waals surface area contributed by atoms with E-state index in [1.807, 2.05) is 0 Å². The number of fused-ring (bicyclic) bond motifs is 2. The van der Waals surface area contributed by atoms with E-state index >= 15 is 0 Å². The number of aliphatic carboxylic acids is 1. The van der Waals surface area contributed by atoms with Crippen molar-refractivity contribution in [3.63, 3.8) is 0 Å². The van der Waals surface area contributed by atoms with Crippen molar-refractivity contribution in [2.75, 3.05) is 0 Å². The van der Waals surface area contributed by atoms with Crippen LogP contribution >= 0.6 is 11.6 Å². The third-order valence-corrected chi connectivity index (χ3v) is 3.22. The minimum Gasteiger partial charge on any atom is -0.481 e. The van der Waals surface area contributed by atoms with Crippen LogP contribution in [0.15, 0.2) is 41.3 Å². The van der Waals surface area contributed by atoms with Crippen LogP contribution in [-0.2, 0) is 11.2 Å². The molecular weight excluding hydrogens is 280 g/mol. The summed E-state index contributed by atoms with van der Waals surface area (Å²) in [4.78, 5) is 27.4. The maximum atomic E-state index is 12.4. The highest BCUT2D eigenvalue weighted by atomic mass is 35.5. The lowest BCUT2D eigenvalue weighted by Gasteiger charge is -2.05. The molecular formula is C14H9ClN2O3. The zero-order valence-electron chi connectivity index (χ0n) is 10.2.